The lowest BCUT2D eigenvalue weighted by Crippen LogP contribution is -2.46. The Bertz CT molecular complexity index is 523. The Hall–Kier alpha value is -1.58. The summed E-state index contributed by atoms with van der Waals surface area (Å²) in [5, 5.41) is 3.71. The van der Waals surface area contributed by atoms with Crippen molar-refractivity contribution in [3.8, 4) is 0 Å². The van der Waals surface area contributed by atoms with Gasteiger partial charge in [0.15, 0.2) is 0 Å². The van der Waals surface area contributed by atoms with E-state index in [-0.39, 0.29) is 5.54 Å². The zero-order valence-electron chi connectivity index (χ0n) is 12.0. The van der Waals surface area contributed by atoms with E-state index in [2.05, 4.69) is 53.5 Å². The first-order valence-electron chi connectivity index (χ1n) is 7.32. The average molecular weight is 270 g/mol. The molecule has 1 aromatic heterocycles. The van der Waals surface area contributed by atoms with E-state index < -0.39 is 0 Å². The number of rotatable bonds is 3. The molecule has 0 saturated carbocycles. The Morgan fingerprint density at radius 1 is 1.20 bits per heavy atom. The maximum Gasteiger partial charge on any atom is 0.117 e. The van der Waals surface area contributed by atoms with Gasteiger partial charge in [0.25, 0.3) is 0 Å². The molecule has 0 amide bonds. The summed E-state index contributed by atoms with van der Waals surface area (Å²) >= 11 is 0. The van der Waals surface area contributed by atoms with Gasteiger partial charge in [0, 0.05) is 6.54 Å². The van der Waals surface area contributed by atoms with Crippen molar-refractivity contribution >= 4 is 0 Å². The molecule has 1 unspecified atom stereocenters. The maximum atomic E-state index is 5.49. The van der Waals surface area contributed by atoms with Crippen LogP contribution < -0.4 is 5.32 Å². The molecule has 1 N–H and O–H groups in total. The third-order valence-electron chi connectivity index (χ3n) is 4.08. The van der Waals surface area contributed by atoms with Crippen molar-refractivity contribution < 1.29 is 4.42 Å². The fourth-order valence-corrected chi connectivity index (χ4v) is 3.01. The molecule has 1 aliphatic rings. The molecule has 2 heterocycles. The molecule has 2 aromatic rings. The molecular weight excluding hydrogens is 248 g/mol. The zero-order valence-corrected chi connectivity index (χ0v) is 12.0. The Morgan fingerprint density at radius 3 is 2.80 bits per heavy atom. The summed E-state index contributed by atoms with van der Waals surface area (Å²) in [6.45, 7) is 6.34. The lowest BCUT2D eigenvalue weighted by molar-refractivity contribution is 0.200. The molecule has 1 atom stereocenters. The summed E-state index contributed by atoms with van der Waals surface area (Å²) in [6.07, 6.45) is 2.92. The molecule has 3 heteroatoms. The van der Waals surface area contributed by atoms with Gasteiger partial charge in [-0.15, -0.1) is 0 Å². The summed E-state index contributed by atoms with van der Waals surface area (Å²) in [4.78, 5) is 2.48. The molecular formula is C17H22N2O. The minimum Gasteiger partial charge on any atom is -0.468 e. The van der Waals surface area contributed by atoms with Gasteiger partial charge >= 0.3 is 0 Å². The van der Waals surface area contributed by atoms with E-state index in [0.29, 0.717) is 0 Å². The summed E-state index contributed by atoms with van der Waals surface area (Å²) in [6, 6.07) is 14.7. The SMILES string of the molecule is CC1(c2ccccc2)CN(Cc2ccco2)CCCN1. The summed E-state index contributed by atoms with van der Waals surface area (Å²) < 4.78 is 5.49. The Balaban J connectivity index is 1.78. The van der Waals surface area contributed by atoms with Crippen LogP contribution in [0.15, 0.2) is 53.1 Å². The number of nitrogens with one attached hydrogen (secondary N) is 1. The predicted molar refractivity (Wildman–Crippen MR) is 80.4 cm³/mol. The van der Waals surface area contributed by atoms with Crippen LogP contribution in [-0.4, -0.2) is 24.5 Å². The average Bonchev–Trinajstić information content (AvgIpc) is 2.90. The van der Waals surface area contributed by atoms with Crippen LogP contribution in [0.3, 0.4) is 0 Å². The van der Waals surface area contributed by atoms with Gasteiger partial charge in [0.1, 0.15) is 5.76 Å². The van der Waals surface area contributed by atoms with Gasteiger partial charge in [0.2, 0.25) is 0 Å². The van der Waals surface area contributed by atoms with Gasteiger partial charge in [0.05, 0.1) is 18.3 Å². The highest BCUT2D eigenvalue weighted by molar-refractivity contribution is 5.24. The van der Waals surface area contributed by atoms with Gasteiger partial charge in [-0.2, -0.15) is 0 Å². The van der Waals surface area contributed by atoms with Crippen LogP contribution in [0, 0.1) is 0 Å². The molecule has 0 radical (unpaired) electrons. The second-order valence-corrected chi connectivity index (χ2v) is 5.77. The molecule has 3 nitrogen and oxygen atoms in total. The lowest BCUT2D eigenvalue weighted by Gasteiger charge is -2.34. The van der Waals surface area contributed by atoms with Crippen molar-refractivity contribution in [2.75, 3.05) is 19.6 Å². The fraction of sp³-hybridized carbons (Fsp3) is 0.412. The Kier molecular flexibility index (Phi) is 3.90. The van der Waals surface area contributed by atoms with Crippen molar-refractivity contribution in [2.24, 2.45) is 0 Å². The minimum absolute atomic E-state index is 0.00432. The monoisotopic (exact) mass is 270 g/mol. The van der Waals surface area contributed by atoms with Crippen LogP contribution in [0.2, 0.25) is 0 Å². The largest absolute Gasteiger partial charge is 0.468 e. The van der Waals surface area contributed by atoms with E-state index in [9.17, 15) is 0 Å². The summed E-state index contributed by atoms with van der Waals surface area (Å²) in [7, 11) is 0. The van der Waals surface area contributed by atoms with Crippen molar-refractivity contribution in [1.82, 2.24) is 10.2 Å². The van der Waals surface area contributed by atoms with Crippen molar-refractivity contribution in [2.45, 2.75) is 25.4 Å². The number of furan rings is 1. The highest BCUT2D eigenvalue weighted by Gasteiger charge is 2.30. The van der Waals surface area contributed by atoms with E-state index in [0.717, 1.165) is 31.9 Å². The van der Waals surface area contributed by atoms with Crippen molar-refractivity contribution in [3.05, 3.63) is 60.1 Å². The van der Waals surface area contributed by atoms with E-state index in [1.54, 1.807) is 6.26 Å². The molecule has 20 heavy (non-hydrogen) atoms. The Labute approximate surface area is 120 Å². The number of hydrogen-bond acceptors (Lipinski definition) is 3. The van der Waals surface area contributed by atoms with Gasteiger partial charge in [-0.05, 0) is 44.1 Å². The first-order valence-corrected chi connectivity index (χ1v) is 7.32. The van der Waals surface area contributed by atoms with E-state index in [4.69, 9.17) is 4.42 Å². The lowest BCUT2D eigenvalue weighted by atomic mass is 9.91. The highest BCUT2D eigenvalue weighted by Crippen LogP contribution is 2.24. The molecule has 1 fully saturated rings. The van der Waals surface area contributed by atoms with Crippen LogP contribution in [-0.2, 0) is 12.1 Å². The molecule has 106 valence electrons. The van der Waals surface area contributed by atoms with Gasteiger partial charge < -0.3 is 9.73 Å². The van der Waals surface area contributed by atoms with Crippen molar-refractivity contribution in [3.63, 3.8) is 0 Å². The minimum atomic E-state index is 0.00432. The predicted octanol–water partition coefficient (Wildman–Crippen LogP) is 2.99. The first-order chi connectivity index (χ1) is 9.76. The topological polar surface area (TPSA) is 28.4 Å². The highest BCUT2D eigenvalue weighted by atomic mass is 16.3. The number of nitrogens with zero attached hydrogens (tertiary/aromatic N) is 1. The first kappa shape index (κ1) is 13.4. The molecule has 3 rings (SSSR count). The molecule has 1 aliphatic heterocycles. The molecule has 1 aromatic carbocycles. The molecule has 0 aliphatic carbocycles. The van der Waals surface area contributed by atoms with Crippen molar-refractivity contribution in [1.29, 1.82) is 0 Å². The van der Waals surface area contributed by atoms with E-state index in [1.165, 1.54) is 12.0 Å². The smallest absolute Gasteiger partial charge is 0.117 e. The third kappa shape index (κ3) is 2.94. The van der Waals surface area contributed by atoms with Crippen LogP contribution >= 0.6 is 0 Å². The third-order valence-corrected chi connectivity index (χ3v) is 4.08. The van der Waals surface area contributed by atoms with Crippen LogP contribution in [0.25, 0.3) is 0 Å². The molecule has 1 saturated heterocycles. The van der Waals surface area contributed by atoms with Gasteiger partial charge in [-0.25, -0.2) is 0 Å². The number of hydrogen-bond donors (Lipinski definition) is 1. The van der Waals surface area contributed by atoms with Crippen LogP contribution in [0.5, 0.6) is 0 Å². The standard InChI is InChI=1S/C17H22N2O/c1-17(15-7-3-2-4-8-15)14-19(11-6-10-18-17)13-16-9-5-12-20-16/h2-5,7-9,12,18H,6,10-11,13-14H2,1H3. The van der Waals surface area contributed by atoms with Crippen LogP contribution in [0.1, 0.15) is 24.7 Å². The van der Waals surface area contributed by atoms with E-state index in [1.807, 2.05) is 6.07 Å². The normalized spacial score (nSPS) is 24.4. The Morgan fingerprint density at radius 2 is 2.05 bits per heavy atom. The fourth-order valence-electron chi connectivity index (χ4n) is 3.01. The molecule has 0 bridgehead atoms. The zero-order chi connectivity index (χ0) is 13.8. The van der Waals surface area contributed by atoms with Gasteiger partial charge in [-0.1, -0.05) is 30.3 Å². The number of benzene rings is 1. The van der Waals surface area contributed by atoms with E-state index >= 15 is 0 Å². The second kappa shape index (κ2) is 5.81. The molecule has 0 spiro atoms. The second-order valence-electron chi connectivity index (χ2n) is 5.77. The van der Waals surface area contributed by atoms with Gasteiger partial charge in [-0.3, -0.25) is 4.90 Å². The van der Waals surface area contributed by atoms with Crippen LogP contribution in [0.4, 0.5) is 0 Å². The summed E-state index contributed by atoms with van der Waals surface area (Å²) in [5.41, 5.74) is 1.36. The maximum absolute atomic E-state index is 5.49. The quantitative estimate of drug-likeness (QED) is 0.929. The summed E-state index contributed by atoms with van der Waals surface area (Å²) in [5.74, 6) is 1.04.